The molecule has 0 radical (unpaired) electrons. The second-order valence-electron chi connectivity index (χ2n) is 6.66. The number of benzene rings is 1. The fourth-order valence-electron chi connectivity index (χ4n) is 3.39. The lowest BCUT2D eigenvalue weighted by atomic mass is 10.0. The van der Waals surface area contributed by atoms with Gasteiger partial charge in [0.1, 0.15) is 5.69 Å². The van der Waals surface area contributed by atoms with Crippen LogP contribution in [-0.4, -0.2) is 24.4 Å². The van der Waals surface area contributed by atoms with Crippen molar-refractivity contribution in [1.29, 1.82) is 0 Å². The lowest BCUT2D eigenvalue weighted by Gasteiger charge is -2.08. The summed E-state index contributed by atoms with van der Waals surface area (Å²) < 4.78 is 3.28. The van der Waals surface area contributed by atoms with Gasteiger partial charge in [0.25, 0.3) is 5.56 Å². The van der Waals surface area contributed by atoms with E-state index in [0.29, 0.717) is 12.2 Å². The topological polar surface area (TPSA) is 65.1 Å². The maximum absolute atomic E-state index is 12.4. The summed E-state index contributed by atoms with van der Waals surface area (Å²) in [6.07, 6.45) is 3.62. The van der Waals surface area contributed by atoms with E-state index >= 15 is 0 Å². The number of pyridine rings is 2. The Labute approximate surface area is 166 Å². The molecular weight excluding hydrogens is 362 g/mol. The van der Waals surface area contributed by atoms with Crippen LogP contribution in [0.15, 0.2) is 96.1 Å². The lowest BCUT2D eigenvalue weighted by Crippen LogP contribution is -2.23. The zero-order valence-electron chi connectivity index (χ0n) is 15.5. The number of fused-ring (bicyclic) bond motifs is 1. The number of nitrogens with zero attached hydrogens (tertiary/aromatic N) is 5. The lowest BCUT2D eigenvalue weighted by molar-refractivity contribution is 0.631. The highest BCUT2D eigenvalue weighted by Crippen LogP contribution is 2.33. The van der Waals surface area contributed by atoms with Crippen LogP contribution >= 0.6 is 0 Å². The summed E-state index contributed by atoms with van der Waals surface area (Å²) in [5.41, 5.74) is 4.95. The van der Waals surface area contributed by atoms with Crippen molar-refractivity contribution in [3.05, 3.63) is 107 Å². The van der Waals surface area contributed by atoms with Crippen LogP contribution in [-0.2, 0) is 6.54 Å². The normalized spacial score (nSPS) is 11.0. The summed E-state index contributed by atoms with van der Waals surface area (Å²) in [5.74, 6) is 0. The summed E-state index contributed by atoms with van der Waals surface area (Å²) in [4.78, 5) is 16.7. The Kier molecular flexibility index (Phi) is 4.22. The van der Waals surface area contributed by atoms with Crippen molar-refractivity contribution in [3.8, 4) is 22.5 Å². The molecule has 0 atom stereocenters. The van der Waals surface area contributed by atoms with Gasteiger partial charge in [0.2, 0.25) is 0 Å². The molecule has 1 aromatic carbocycles. The van der Waals surface area contributed by atoms with Gasteiger partial charge < -0.3 is 0 Å². The predicted molar refractivity (Wildman–Crippen MR) is 111 cm³/mol. The minimum atomic E-state index is -0.169. The van der Waals surface area contributed by atoms with E-state index in [1.165, 1.54) is 4.68 Å². The SMILES string of the molecule is O=c1ccc(-c2c(-c3ccccc3)nn3ccccc23)nn1Cc1ccccn1. The third kappa shape index (κ3) is 3.21. The zero-order valence-corrected chi connectivity index (χ0v) is 15.5. The Bertz CT molecular complexity index is 1340. The van der Waals surface area contributed by atoms with Crippen molar-refractivity contribution in [3.63, 3.8) is 0 Å². The Hall–Kier alpha value is -4.06. The first kappa shape index (κ1) is 17.1. The molecule has 0 bridgehead atoms. The van der Waals surface area contributed by atoms with Crippen LogP contribution in [0.1, 0.15) is 5.69 Å². The zero-order chi connectivity index (χ0) is 19.6. The average molecular weight is 379 g/mol. The summed E-state index contributed by atoms with van der Waals surface area (Å²) in [6, 6.07) is 24.8. The molecule has 5 rings (SSSR count). The number of hydrogen-bond acceptors (Lipinski definition) is 4. The summed E-state index contributed by atoms with van der Waals surface area (Å²) in [7, 11) is 0. The highest BCUT2D eigenvalue weighted by atomic mass is 16.1. The first-order chi connectivity index (χ1) is 14.3. The molecule has 0 N–H and O–H groups in total. The molecule has 5 aromatic rings. The summed E-state index contributed by atoms with van der Waals surface area (Å²) in [5, 5.41) is 9.43. The molecule has 0 saturated heterocycles. The van der Waals surface area contributed by atoms with Gasteiger partial charge in [-0.05, 0) is 30.3 Å². The average Bonchev–Trinajstić information content (AvgIpc) is 3.16. The van der Waals surface area contributed by atoms with E-state index in [4.69, 9.17) is 5.10 Å². The van der Waals surface area contributed by atoms with Gasteiger partial charge >= 0.3 is 0 Å². The van der Waals surface area contributed by atoms with Crippen LogP contribution in [0, 0.1) is 0 Å². The monoisotopic (exact) mass is 379 g/mol. The fourth-order valence-corrected chi connectivity index (χ4v) is 3.39. The van der Waals surface area contributed by atoms with Gasteiger partial charge in [0.15, 0.2) is 0 Å². The maximum Gasteiger partial charge on any atom is 0.267 e. The molecule has 4 heterocycles. The van der Waals surface area contributed by atoms with E-state index in [1.54, 1.807) is 18.3 Å². The van der Waals surface area contributed by atoms with Crippen LogP contribution in [0.2, 0.25) is 0 Å². The largest absolute Gasteiger partial charge is 0.268 e. The first-order valence-electron chi connectivity index (χ1n) is 9.31. The van der Waals surface area contributed by atoms with Gasteiger partial charge in [-0.3, -0.25) is 9.78 Å². The summed E-state index contributed by atoms with van der Waals surface area (Å²) >= 11 is 0. The molecular formula is C23H17N5O. The molecule has 6 heteroatoms. The standard InChI is InChI=1S/C23H17N5O/c29-21-13-12-19(25-28(21)16-18-10-4-6-14-24-18)22-20-11-5-7-15-27(20)26-23(22)17-8-2-1-3-9-17/h1-15H,16H2. The quantitative estimate of drug-likeness (QED) is 0.478. The Balaban J connectivity index is 1.70. The summed E-state index contributed by atoms with van der Waals surface area (Å²) in [6.45, 7) is 0.313. The third-order valence-corrected chi connectivity index (χ3v) is 4.75. The molecule has 6 nitrogen and oxygen atoms in total. The predicted octanol–water partition coefficient (Wildman–Crippen LogP) is 3.67. The van der Waals surface area contributed by atoms with Gasteiger partial charge in [-0.2, -0.15) is 10.2 Å². The van der Waals surface area contributed by atoms with Crippen LogP contribution in [0.5, 0.6) is 0 Å². The third-order valence-electron chi connectivity index (χ3n) is 4.75. The molecule has 0 fully saturated rings. The minimum absolute atomic E-state index is 0.169. The van der Waals surface area contributed by atoms with E-state index in [9.17, 15) is 4.79 Å². The highest BCUT2D eigenvalue weighted by molar-refractivity contribution is 5.90. The molecule has 0 spiro atoms. The van der Waals surface area contributed by atoms with Gasteiger partial charge in [-0.15, -0.1) is 0 Å². The Morgan fingerprint density at radius 3 is 2.45 bits per heavy atom. The van der Waals surface area contributed by atoms with E-state index in [1.807, 2.05) is 77.4 Å². The van der Waals surface area contributed by atoms with Crippen LogP contribution in [0.4, 0.5) is 0 Å². The second-order valence-corrected chi connectivity index (χ2v) is 6.66. The van der Waals surface area contributed by atoms with Crippen molar-refractivity contribution in [2.24, 2.45) is 0 Å². The van der Waals surface area contributed by atoms with Crippen molar-refractivity contribution in [2.45, 2.75) is 6.54 Å². The molecule has 0 unspecified atom stereocenters. The fraction of sp³-hybridized carbons (Fsp3) is 0.0435. The van der Waals surface area contributed by atoms with E-state index in [2.05, 4.69) is 10.1 Å². The molecule has 29 heavy (non-hydrogen) atoms. The Morgan fingerprint density at radius 2 is 1.62 bits per heavy atom. The van der Waals surface area contributed by atoms with E-state index in [0.717, 1.165) is 28.0 Å². The number of aromatic nitrogens is 5. The van der Waals surface area contributed by atoms with Crippen molar-refractivity contribution >= 4 is 5.52 Å². The van der Waals surface area contributed by atoms with Crippen LogP contribution < -0.4 is 5.56 Å². The number of rotatable bonds is 4. The Morgan fingerprint density at radius 1 is 0.793 bits per heavy atom. The molecule has 0 saturated carbocycles. The second kappa shape index (κ2) is 7.16. The van der Waals surface area contributed by atoms with Crippen molar-refractivity contribution < 1.29 is 0 Å². The van der Waals surface area contributed by atoms with Gasteiger partial charge in [-0.25, -0.2) is 9.20 Å². The van der Waals surface area contributed by atoms with Crippen LogP contribution in [0.25, 0.3) is 28.0 Å². The van der Waals surface area contributed by atoms with E-state index < -0.39 is 0 Å². The van der Waals surface area contributed by atoms with Gasteiger partial charge in [0, 0.05) is 24.0 Å². The van der Waals surface area contributed by atoms with Gasteiger partial charge in [-0.1, -0.05) is 42.5 Å². The maximum atomic E-state index is 12.4. The van der Waals surface area contributed by atoms with Crippen molar-refractivity contribution in [1.82, 2.24) is 24.4 Å². The molecule has 0 aliphatic heterocycles. The van der Waals surface area contributed by atoms with E-state index in [-0.39, 0.29) is 5.56 Å². The minimum Gasteiger partial charge on any atom is -0.268 e. The number of hydrogen-bond donors (Lipinski definition) is 0. The van der Waals surface area contributed by atoms with Gasteiger partial charge in [0.05, 0.1) is 29.0 Å². The smallest absolute Gasteiger partial charge is 0.267 e. The molecule has 0 amide bonds. The van der Waals surface area contributed by atoms with Crippen molar-refractivity contribution in [2.75, 3.05) is 0 Å². The highest BCUT2D eigenvalue weighted by Gasteiger charge is 2.18. The molecule has 140 valence electrons. The first-order valence-corrected chi connectivity index (χ1v) is 9.31. The molecule has 4 aromatic heterocycles. The van der Waals surface area contributed by atoms with Crippen LogP contribution in [0.3, 0.4) is 0 Å². The molecule has 0 aliphatic carbocycles. The molecule has 0 aliphatic rings.